The molecule has 0 saturated heterocycles. The Morgan fingerprint density at radius 1 is 1.67 bits per heavy atom. The van der Waals surface area contributed by atoms with Crippen LogP contribution in [-0.4, -0.2) is 6.21 Å². The molecule has 0 unspecified atom stereocenters. The van der Waals surface area contributed by atoms with E-state index in [2.05, 4.69) is 4.99 Å². The first-order valence-corrected chi connectivity index (χ1v) is 1.76. The zero-order valence-electron chi connectivity index (χ0n) is 3.76. The van der Waals surface area contributed by atoms with Gasteiger partial charge < -0.3 is 5.73 Å². The summed E-state index contributed by atoms with van der Waals surface area (Å²) in [7, 11) is 0. The van der Waals surface area contributed by atoms with Crippen LogP contribution in [0.25, 0.3) is 0 Å². The van der Waals surface area contributed by atoms with Crippen LogP contribution in [-0.2, 0) is 0 Å². The van der Waals surface area contributed by atoms with Gasteiger partial charge in [-0.25, -0.2) is 0 Å². The third-order valence-electron chi connectivity index (χ3n) is 0.321. The molecule has 0 spiro atoms. The molecule has 0 fully saturated rings. The van der Waals surface area contributed by atoms with Crippen molar-refractivity contribution in [1.82, 2.24) is 0 Å². The van der Waals surface area contributed by atoms with E-state index in [-0.39, 0.29) is 0 Å². The first-order chi connectivity index (χ1) is 2.91. The van der Waals surface area contributed by atoms with Crippen LogP contribution < -0.4 is 5.73 Å². The van der Waals surface area contributed by atoms with Gasteiger partial charge in [-0.1, -0.05) is 0 Å². The third-order valence-corrected chi connectivity index (χ3v) is 0.321. The lowest BCUT2D eigenvalue weighted by molar-refractivity contribution is 1.49. The Morgan fingerprint density at radius 3 is 2.50 bits per heavy atom. The van der Waals surface area contributed by atoms with Gasteiger partial charge >= 0.3 is 0 Å². The second-order valence-corrected chi connectivity index (χ2v) is 0.749. The maximum absolute atomic E-state index is 4.92. The summed E-state index contributed by atoms with van der Waals surface area (Å²) in [6, 6.07) is 0. The van der Waals surface area contributed by atoms with Crippen molar-refractivity contribution in [1.29, 1.82) is 0 Å². The van der Waals surface area contributed by atoms with Gasteiger partial charge in [0.2, 0.25) is 0 Å². The van der Waals surface area contributed by atoms with Crippen LogP contribution in [0.2, 0.25) is 0 Å². The van der Waals surface area contributed by atoms with E-state index in [4.69, 9.17) is 5.73 Å². The highest BCUT2D eigenvalue weighted by atomic mass is 14.7. The molecule has 0 aromatic carbocycles. The Bertz CT molecular complexity index is 53.9. The Morgan fingerprint density at radius 2 is 2.33 bits per heavy atom. The summed E-state index contributed by atoms with van der Waals surface area (Å²) in [5, 5.41) is 0. The normalized spacial score (nSPS) is 11.5. The van der Waals surface area contributed by atoms with Crippen LogP contribution in [0, 0.1) is 0 Å². The summed E-state index contributed by atoms with van der Waals surface area (Å²) >= 11 is 0. The average Bonchev–Trinajstić information content (AvgIpc) is 1.61. The second-order valence-electron chi connectivity index (χ2n) is 0.749. The van der Waals surface area contributed by atoms with Crippen molar-refractivity contribution in [3.63, 3.8) is 0 Å². The second kappa shape index (κ2) is 4.21. The molecule has 0 aliphatic heterocycles. The van der Waals surface area contributed by atoms with Crippen LogP contribution in [0.3, 0.4) is 0 Å². The minimum absolute atomic E-state index is 1.39. The molecule has 6 heavy (non-hydrogen) atoms. The van der Waals surface area contributed by atoms with Crippen molar-refractivity contribution in [2.75, 3.05) is 0 Å². The molecule has 34 valence electrons. The molecule has 0 aliphatic carbocycles. The van der Waals surface area contributed by atoms with E-state index in [1.165, 1.54) is 12.4 Å². The molecule has 0 bridgehead atoms. The predicted molar refractivity (Wildman–Crippen MR) is 27.5 cm³/mol. The van der Waals surface area contributed by atoms with Crippen LogP contribution in [0.15, 0.2) is 17.4 Å². The topological polar surface area (TPSA) is 38.4 Å². The van der Waals surface area contributed by atoms with Gasteiger partial charge in [0.1, 0.15) is 0 Å². The first kappa shape index (κ1) is 5.21. The SMILES string of the molecule is C/C=N\C=C/N. The highest BCUT2D eigenvalue weighted by Gasteiger charge is 1.48. The fourth-order valence-corrected chi connectivity index (χ4v) is 0.136. The first-order valence-electron chi connectivity index (χ1n) is 1.76. The van der Waals surface area contributed by atoms with Gasteiger partial charge in [-0.2, -0.15) is 0 Å². The summed E-state index contributed by atoms with van der Waals surface area (Å²) in [5.74, 6) is 0. The van der Waals surface area contributed by atoms with Crippen molar-refractivity contribution in [2.24, 2.45) is 10.7 Å². The van der Waals surface area contributed by atoms with Crippen molar-refractivity contribution in [2.45, 2.75) is 6.92 Å². The third kappa shape index (κ3) is 3.21. The van der Waals surface area contributed by atoms with Crippen molar-refractivity contribution >= 4 is 6.21 Å². The maximum atomic E-state index is 4.92. The summed E-state index contributed by atoms with van der Waals surface area (Å²) in [6.45, 7) is 1.83. The quantitative estimate of drug-likeness (QED) is 0.462. The minimum atomic E-state index is 1.39. The molecule has 0 saturated carbocycles. The monoisotopic (exact) mass is 84.1 g/mol. The molecule has 0 radical (unpaired) electrons. The Balaban J connectivity index is 3.07. The van der Waals surface area contributed by atoms with Gasteiger partial charge in [0.05, 0.1) is 0 Å². The van der Waals surface area contributed by atoms with Crippen LogP contribution >= 0.6 is 0 Å². The number of nitrogens with zero attached hydrogens (tertiary/aromatic N) is 1. The van der Waals surface area contributed by atoms with Crippen molar-refractivity contribution in [3.8, 4) is 0 Å². The van der Waals surface area contributed by atoms with Gasteiger partial charge in [0, 0.05) is 18.6 Å². The minimum Gasteiger partial charge on any atom is -0.403 e. The van der Waals surface area contributed by atoms with E-state index in [9.17, 15) is 0 Å². The lowest BCUT2D eigenvalue weighted by Crippen LogP contribution is -1.72. The van der Waals surface area contributed by atoms with E-state index >= 15 is 0 Å². The number of rotatable bonds is 1. The molecule has 0 heterocycles. The van der Waals surface area contributed by atoms with Crippen molar-refractivity contribution in [3.05, 3.63) is 12.4 Å². The highest BCUT2D eigenvalue weighted by molar-refractivity contribution is 5.54. The molecule has 2 heteroatoms. The Labute approximate surface area is 37.4 Å². The van der Waals surface area contributed by atoms with Crippen LogP contribution in [0.4, 0.5) is 0 Å². The van der Waals surface area contributed by atoms with E-state index in [0.29, 0.717) is 0 Å². The summed E-state index contributed by atoms with van der Waals surface area (Å²) in [5.41, 5.74) is 4.92. The summed E-state index contributed by atoms with van der Waals surface area (Å²) in [4.78, 5) is 3.66. The molecule has 0 aromatic rings. The van der Waals surface area contributed by atoms with Gasteiger partial charge in [-0.3, -0.25) is 4.99 Å². The van der Waals surface area contributed by atoms with Crippen LogP contribution in [0.5, 0.6) is 0 Å². The molecule has 0 rings (SSSR count). The largest absolute Gasteiger partial charge is 0.403 e. The van der Waals surface area contributed by atoms with E-state index in [0.717, 1.165) is 0 Å². The van der Waals surface area contributed by atoms with Gasteiger partial charge in [-0.05, 0) is 6.92 Å². The lowest BCUT2D eigenvalue weighted by Gasteiger charge is -1.65. The average molecular weight is 84.1 g/mol. The van der Waals surface area contributed by atoms with E-state index < -0.39 is 0 Å². The Hall–Kier alpha value is -0.790. The number of hydrogen-bond acceptors (Lipinski definition) is 2. The van der Waals surface area contributed by atoms with Crippen molar-refractivity contribution < 1.29 is 0 Å². The number of nitrogens with two attached hydrogens (primary N) is 1. The molecule has 0 aliphatic rings. The highest BCUT2D eigenvalue weighted by Crippen LogP contribution is 1.61. The van der Waals surface area contributed by atoms with E-state index in [1.54, 1.807) is 6.21 Å². The molecule has 0 amide bonds. The van der Waals surface area contributed by atoms with E-state index in [1.807, 2.05) is 6.92 Å². The zero-order valence-corrected chi connectivity index (χ0v) is 3.76. The zero-order chi connectivity index (χ0) is 4.83. The van der Waals surface area contributed by atoms with Crippen LogP contribution in [0.1, 0.15) is 6.92 Å². The van der Waals surface area contributed by atoms with Gasteiger partial charge in [0.15, 0.2) is 0 Å². The molecule has 2 N–H and O–H groups in total. The molecular weight excluding hydrogens is 76.1 g/mol. The van der Waals surface area contributed by atoms with Gasteiger partial charge in [0.25, 0.3) is 0 Å². The van der Waals surface area contributed by atoms with Gasteiger partial charge in [-0.15, -0.1) is 0 Å². The maximum Gasteiger partial charge on any atom is 0.0418 e. The Kier molecular flexibility index (Phi) is 3.66. The number of aliphatic imine (C=N–C) groups is 1. The molecule has 0 atom stereocenters. The summed E-state index contributed by atoms with van der Waals surface area (Å²) < 4.78 is 0. The smallest absolute Gasteiger partial charge is 0.0418 e. The lowest BCUT2D eigenvalue weighted by atomic mass is 10.8. The predicted octanol–water partition coefficient (Wildman–Crippen LogP) is 0.507. The standard InChI is InChI=1S/C4H8N2/c1-2-6-4-3-5/h2-4H,5H2,1H3/b4-3-,6-2-. The fourth-order valence-electron chi connectivity index (χ4n) is 0.136. The number of hydrogen-bond donors (Lipinski definition) is 1. The molecule has 2 nitrogen and oxygen atoms in total. The summed E-state index contributed by atoms with van der Waals surface area (Å²) in [6.07, 6.45) is 4.59. The molecule has 0 aromatic heterocycles. The molecular formula is C4H8N2. The fraction of sp³-hybridized carbons (Fsp3) is 0.250.